The van der Waals surface area contributed by atoms with E-state index in [-0.39, 0.29) is 23.2 Å². The Kier molecular flexibility index (Phi) is 6.59. The fourth-order valence-corrected chi connectivity index (χ4v) is 4.14. The number of amides is 2. The minimum Gasteiger partial charge on any atom is -0.493 e. The summed E-state index contributed by atoms with van der Waals surface area (Å²) in [5, 5.41) is 9.21. The number of benzene rings is 1. The second-order valence-electron chi connectivity index (χ2n) is 8.78. The van der Waals surface area contributed by atoms with E-state index in [0.29, 0.717) is 11.5 Å². The van der Waals surface area contributed by atoms with Crippen LogP contribution >= 0.6 is 0 Å². The molecule has 1 fully saturated rings. The number of carbonyl (C=O) groups excluding carboxylic acids is 2. The number of ether oxygens (including phenoxy) is 2. The highest BCUT2D eigenvalue weighted by Crippen LogP contribution is 2.30. The van der Waals surface area contributed by atoms with Crippen molar-refractivity contribution in [3.63, 3.8) is 0 Å². The molecule has 1 aromatic rings. The molecule has 7 heteroatoms. The molecule has 1 aliphatic heterocycles. The van der Waals surface area contributed by atoms with E-state index in [4.69, 9.17) is 9.47 Å². The van der Waals surface area contributed by atoms with E-state index in [1.54, 1.807) is 26.4 Å². The zero-order chi connectivity index (χ0) is 21.1. The summed E-state index contributed by atoms with van der Waals surface area (Å²) in [6.45, 7) is 10.2. The predicted octanol–water partition coefficient (Wildman–Crippen LogP) is 2.31. The molecule has 1 heterocycles. The van der Waals surface area contributed by atoms with Crippen molar-refractivity contribution in [3.8, 4) is 11.5 Å². The Hall–Kier alpha value is -2.28. The SMILES string of the molecule is COc1ccc(C(C)NC(=O)C(=O)NC2CC(C)(C)NC(C)(C)C2)cc1OC. The second-order valence-corrected chi connectivity index (χ2v) is 8.78. The van der Waals surface area contributed by atoms with Gasteiger partial charge in [0.05, 0.1) is 20.3 Å². The Morgan fingerprint density at radius 3 is 2.14 bits per heavy atom. The van der Waals surface area contributed by atoms with Gasteiger partial charge in [-0.2, -0.15) is 0 Å². The van der Waals surface area contributed by atoms with Crippen LogP contribution in [0.2, 0.25) is 0 Å². The van der Waals surface area contributed by atoms with Crippen molar-refractivity contribution in [2.45, 2.75) is 70.6 Å². The molecule has 0 aliphatic carbocycles. The summed E-state index contributed by atoms with van der Waals surface area (Å²) in [7, 11) is 3.12. The number of methoxy groups -OCH3 is 2. The van der Waals surface area contributed by atoms with Gasteiger partial charge < -0.3 is 25.4 Å². The topological polar surface area (TPSA) is 88.7 Å². The average Bonchev–Trinajstić information content (AvgIpc) is 2.57. The number of piperidine rings is 1. The lowest BCUT2D eigenvalue weighted by Crippen LogP contribution is -2.62. The van der Waals surface area contributed by atoms with Crippen LogP contribution in [0.15, 0.2) is 18.2 Å². The summed E-state index contributed by atoms with van der Waals surface area (Å²) in [4.78, 5) is 24.8. The normalized spacial score (nSPS) is 19.4. The second kappa shape index (κ2) is 8.39. The van der Waals surface area contributed by atoms with Crippen molar-refractivity contribution < 1.29 is 19.1 Å². The van der Waals surface area contributed by atoms with Crippen LogP contribution in [0.1, 0.15) is 59.1 Å². The van der Waals surface area contributed by atoms with Gasteiger partial charge in [0.15, 0.2) is 11.5 Å². The third kappa shape index (κ3) is 5.61. The van der Waals surface area contributed by atoms with Gasteiger partial charge >= 0.3 is 11.8 Å². The molecule has 1 aliphatic rings. The van der Waals surface area contributed by atoms with Gasteiger partial charge in [-0.3, -0.25) is 9.59 Å². The van der Waals surface area contributed by atoms with Gasteiger partial charge in [-0.25, -0.2) is 0 Å². The van der Waals surface area contributed by atoms with Crippen molar-refractivity contribution in [1.29, 1.82) is 0 Å². The van der Waals surface area contributed by atoms with E-state index >= 15 is 0 Å². The molecule has 2 amide bonds. The fourth-order valence-electron chi connectivity index (χ4n) is 4.14. The monoisotopic (exact) mass is 391 g/mol. The Bertz CT molecular complexity index is 714. The molecule has 3 N–H and O–H groups in total. The van der Waals surface area contributed by atoms with E-state index in [0.717, 1.165) is 18.4 Å². The van der Waals surface area contributed by atoms with Crippen molar-refractivity contribution >= 4 is 11.8 Å². The standard InChI is InChI=1S/C21H33N3O4/c1-13(14-8-9-16(27-6)17(10-14)28-7)22-18(25)19(26)23-15-11-20(2,3)24-21(4,5)12-15/h8-10,13,15,24H,11-12H2,1-7H3,(H,22,25)(H,23,26). The zero-order valence-corrected chi connectivity index (χ0v) is 17.9. The first kappa shape index (κ1) is 22.0. The first-order valence-electron chi connectivity index (χ1n) is 9.59. The van der Waals surface area contributed by atoms with E-state index in [2.05, 4.69) is 43.6 Å². The summed E-state index contributed by atoms with van der Waals surface area (Å²) in [5.74, 6) is -0.0642. The molecule has 1 atom stereocenters. The Morgan fingerprint density at radius 1 is 1.04 bits per heavy atom. The van der Waals surface area contributed by atoms with Gasteiger partial charge in [-0.15, -0.1) is 0 Å². The summed E-state index contributed by atoms with van der Waals surface area (Å²) in [6.07, 6.45) is 1.53. The maximum Gasteiger partial charge on any atom is 0.309 e. The van der Waals surface area contributed by atoms with Crippen LogP contribution < -0.4 is 25.4 Å². The van der Waals surface area contributed by atoms with Crippen molar-refractivity contribution in [3.05, 3.63) is 23.8 Å². The van der Waals surface area contributed by atoms with Crippen molar-refractivity contribution in [2.24, 2.45) is 0 Å². The van der Waals surface area contributed by atoms with E-state index in [1.165, 1.54) is 0 Å². The van der Waals surface area contributed by atoms with Gasteiger partial charge in [-0.05, 0) is 65.2 Å². The Balaban J connectivity index is 1.99. The first-order valence-corrected chi connectivity index (χ1v) is 9.59. The van der Waals surface area contributed by atoms with E-state index in [1.807, 2.05) is 13.0 Å². The van der Waals surface area contributed by atoms with Gasteiger partial charge in [0.25, 0.3) is 0 Å². The first-order chi connectivity index (χ1) is 13.0. The highest BCUT2D eigenvalue weighted by atomic mass is 16.5. The summed E-state index contributed by atoms with van der Waals surface area (Å²) >= 11 is 0. The summed E-state index contributed by atoms with van der Waals surface area (Å²) in [6, 6.07) is 5.00. The molecule has 7 nitrogen and oxygen atoms in total. The number of hydrogen-bond acceptors (Lipinski definition) is 5. The smallest absolute Gasteiger partial charge is 0.309 e. The Morgan fingerprint density at radius 2 is 1.61 bits per heavy atom. The van der Waals surface area contributed by atoms with Crippen LogP contribution in [0, 0.1) is 0 Å². The predicted molar refractivity (Wildman–Crippen MR) is 109 cm³/mol. The highest BCUT2D eigenvalue weighted by molar-refractivity contribution is 6.35. The number of hydrogen-bond donors (Lipinski definition) is 3. The van der Waals surface area contributed by atoms with Gasteiger partial charge in [0, 0.05) is 17.1 Å². The van der Waals surface area contributed by atoms with Crippen molar-refractivity contribution in [1.82, 2.24) is 16.0 Å². The number of carbonyl (C=O) groups is 2. The minimum absolute atomic E-state index is 0.0547. The average molecular weight is 392 g/mol. The van der Waals surface area contributed by atoms with Crippen LogP contribution in [-0.4, -0.2) is 43.2 Å². The molecule has 0 saturated carbocycles. The molecular formula is C21H33N3O4. The number of rotatable bonds is 5. The molecule has 0 spiro atoms. The fraction of sp³-hybridized carbons (Fsp3) is 0.619. The van der Waals surface area contributed by atoms with Crippen LogP contribution in [0.4, 0.5) is 0 Å². The Labute approximate surface area is 167 Å². The lowest BCUT2D eigenvalue weighted by Gasteiger charge is -2.46. The number of nitrogens with one attached hydrogen (secondary N) is 3. The van der Waals surface area contributed by atoms with Gasteiger partial charge in [0.2, 0.25) is 0 Å². The molecule has 1 unspecified atom stereocenters. The lowest BCUT2D eigenvalue weighted by molar-refractivity contribution is -0.140. The van der Waals surface area contributed by atoms with E-state index < -0.39 is 11.8 Å². The maximum absolute atomic E-state index is 12.4. The van der Waals surface area contributed by atoms with Crippen LogP contribution in [-0.2, 0) is 9.59 Å². The zero-order valence-electron chi connectivity index (χ0n) is 17.9. The highest BCUT2D eigenvalue weighted by Gasteiger charge is 2.38. The van der Waals surface area contributed by atoms with Crippen molar-refractivity contribution in [2.75, 3.05) is 14.2 Å². The quantitative estimate of drug-likeness (QED) is 0.671. The van der Waals surface area contributed by atoms with Crippen LogP contribution in [0.25, 0.3) is 0 Å². The summed E-state index contributed by atoms with van der Waals surface area (Å²) in [5.41, 5.74) is 0.606. The molecular weight excluding hydrogens is 358 g/mol. The third-order valence-electron chi connectivity index (χ3n) is 4.99. The molecule has 2 rings (SSSR count). The molecule has 0 radical (unpaired) electrons. The maximum atomic E-state index is 12.4. The molecule has 156 valence electrons. The molecule has 28 heavy (non-hydrogen) atoms. The largest absolute Gasteiger partial charge is 0.493 e. The molecule has 0 aromatic heterocycles. The molecule has 0 bridgehead atoms. The lowest BCUT2D eigenvalue weighted by atomic mass is 9.79. The molecule has 1 aromatic carbocycles. The summed E-state index contributed by atoms with van der Waals surface area (Å²) < 4.78 is 10.5. The minimum atomic E-state index is -0.642. The molecule has 1 saturated heterocycles. The van der Waals surface area contributed by atoms with Crippen LogP contribution in [0.5, 0.6) is 11.5 Å². The van der Waals surface area contributed by atoms with Gasteiger partial charge in [-0.1, -0.05) is 6.07 Å². The van der Waals surface area contributed by atoms with Crippen LogP contribution in [0.3, 0.4) is 0 Å². The van der Waals surface area contributed by atoms with Gasteiger partial charge in [0.1, 0.15) is 0 Å². The van der Waals surface area contributed by atoms with E-state index in [9.17, 15) is 9.59 Å². The third-order valence-corrected chi connectivity index (χ3v) is 4.99.